The fourth-order valence-corrected chi connectivity index (χ4v) is 4.89. The molecule has 1 aromatic heterocycles. The molecule has 0 saturated heterocycles. The van der Waals surface area contributed by atoms with Crippen LogP contribution in [0.4, 0.5) is 0 Å². The van der Waals surface area contributed by atoms with Gasteiger partial charge in [-0.05, 0) is 61.6 Å². The minimum atomic E-state index is -0.528. The van der Waals surface area contributed by atoms with Crippen molar-refractivity contribution >= 4 is 30.0 Å². The highest BCUT2D eigenvalue weighted by Gasteiger charge is 2.33. The number of rotatable bonds is 5. The first-order chi connectivity index (χ1) is 16.9. The molecular formula is C24H23ClN4O5S. The van der Waals surface area contributed by atoms with E-state index in [1.807, 2.05) is 13.1 Å². The number of methoxy groups -OCH3 is 1. The Morgan fingerprint density at radius 1 is 1.34 bits per heavy atom. The van der Waals surface area contributed by atoms with Crippen LogP contribution in [-0.4, -0.2) is 59.8 Å². The zero-order valence-corrected chi connectivity index (χ0v) is 20.7. The van der Waals surface area contributed by atoms with Crippen LogP contribution >= 0.6 is 23.8 Å². The van der Waals surface area contributed by atoms with Crippen LogP contribution in [0.3, 0.4) is 0 Å². The third-order valence-corrected chi connectivity index (χ3v) is 6.79. The van der Waals surface area contributed by atoms with Gasteiger partial charge < -0.3 is 19.3 Å². The third kappa shape index (κ3) is 4.18. The first-order valence-corrected chi connectivity index (χ1v) is 11.7. The number of likely N-dealkylation sites (N-methyl/N-ethyl adjacent to an activating group) is 1. The van der Waals surface area contributed by atoms with Gasteiger partial charge in [0.05, 0.1) is 25.4 Å². The molecule has 1 unspecified atom stereocenters. The van der Waals surface area contributed by atoms with Gasteiger partial charge in [0, 0.05) is 23.3 Å². The predicted molar refractivity (Wildman–Crippen MR) is 135 cm³/mol. The SMILES string of the molecule is COc1c2c(cc3c1C(CN=Cc1c(O)n(-c4ccc(Cl)cc4)c(=S)[nH]c1=O)N(C)CC3)OCO2. The van der Waals surface area contributed by atoms with Gasteiger partial charge in [0.2, 0.25) is 18.4 Å². The lowest BCUT2D eigenvalue weighted by atomic mass is 9.91. The zero-order chi connectivity index (χ0) is 24.7. The number of H-pyrrole nitrogens is 1. The largest absolute Gasteiger partial charge is 0.494 e. The summed E-state index contributed by atoms with van der Waals surface area (Å²) in [6.07, 6.45) is 2.21. The number of aromatic nitrogens is 2. The van der Waals surface area contributed by atoms with Crippen molar-refractivity contribution in [1.82, 2.24) is 14.5 Å². The molecular weight excluding hydrogens is 492 g/mol. The Kier molecular flexibility index (Phi) is 6.26. The summed E-state index contributed by atoms with van der Waals surface area (Å²) in [4.78, 5) is 21.9. The molecule has 182 valence electrons. The lowest BCUT2D eigenvalue weighted by Gasteiger charge is -2.35. The summed E-state index contributed by atoms with van der Waals surface area (Å²) in [6, 6.07) is 8.61. The second kappa shape index (κ2) is 9.37. The van der Waals surface area contributed by atoms with Crippen molar-refractivity contribution in [2.24, 2.45) is 4.99 Å². The molecule has 9 nitrogen and oxygen atoms in total. The van der Waals surface area contributed by atoms with E-state index in [4.69, 9.17) is 38.0 Å². The number of aromatic amines is 1. The highest BCUT2D eigenvalue weighted by molar-refractivity contribution is 7.71. The standard InChI is InChI=1S/C24H23ClN4O5S/c1-28-8-7-13-9-18-20(34-12-33-18)21(32-2)19(13)17(28)11-26-10-16-22(30)27-24(35)29(23(16)31)15-5-3-14(25)4-6-15/h3-6,9-10,17,31H,7-8,11-12H2,1-2H3,(H,27,30,35). The Labute approximate surface area is 211 Å². The molecule has 11 heteroatoms. The van der Waals surface area contributed by atoms with Crippen LogP contribution in [0.5, 0.6) is 23.1 Å². The molecule has 3 aromatic rings. The number of ether oxygens (including phenoxy) is 3. The van der Waals surface area contributed by atoms with Crippen molar-refractivity contribution in [3.63, 3.8) is 0 Å². The van der Waals surface area contributed by atoms with Crippen molar-refractivity contribution in [2.75, 3.05) is 34.0 Å². The molecule has 0 spiro atoms. The molecule has 2 N–H and O–H groups in total. The number of nitrogens with zero attached hydrogens (tertiary/aromatic N) is 3. The van der Waals surface area contributed by atoms with E-state index in [9.17, 15) is 9.90 Å². The third-order valence-electron chi connectivity index (χ3n) is 6.25. The summed E-state index contributed by atoms with van der Waals surface area (Å²) >= 11 is 11.2. The van der Waals surface area contributed by atoms with Gasteiger partial charge in [-0.3, -0.25) is 24.2 Å². The van der Waals surface area contributed by atoms with Crippen LogP contribution in [0.1, 0.15) is 22.7 Å². The lowest BCUT2D eigenvalue weighted by Crippen LogP contribution is -2.34. The Morgan fingerprint density at radius 2 is 2.11 bits per heavy atom. The van der Waals surface area contributed by atoms with Gasteiger partial charge >= 0.3 is 0 Å². The van der Waals surface area contributed by atoms with E-state index >= 15 is 0 Å². The van der Waals surface area contributed by atoms with E-state index in [1.165, 1.54) is 10.8 Å². The normalized spacial score (nSPS) is 17.1. The van der Waals surface area contributed by atoms with E-state index in [-0.39, 0.29) is 29.0 Å². The van der Waals surface area contributed by atoms with Crippen LogP contribution in [0.15, 0.2) is 40.1 Å². The molecule has 2 aromatic carbocycles. The predicted octanol–water partition coefficient (Wildman–Crippen LogP) is 3.64. The highest BCUT2D eigenvalue weighted by Crippen LogP contribution is 2.49. The lowest BCUT2D eigenvalue weighted by molar-refractivity contribution is 0.170. The Bertz CT molecular complexity index is 1430. The first-order valence-electron chi connectivity index (χ1n) is 10.9. The van der Waals surface area contributed by atoms with E-state index in [1.54, 1.807) is 31.4 Å². The van der Waals surface area contributed by atoms with Crippen molar-refractivity contribution in [2.45, 2.75) is 12.5 Å². The molecule has 0 saturated carbocycles. The van der Waals surface area contributed by atoms with Gasteiger partial charge in [0.15, 0.2) is 16.3 Å². The highest BCUT2D eigenvalue weighted by atomic mass is 35.5. The number of hydrogen-bond acceptors (Lipinski definition) is 8. The van der Waals surface area contributed by atoms with E-state index in [2.05, 4.69) is 14.9 Å². The monoisotopic (exact) mass is 514 g/mol. The summed E-state index contributed by atoms with van der Waals surface area (Å²) in [5.41, 5.74) is 2.13. The molecule has 0 bridgehead atoms. The van der Waals surface area contributed by atoms with Crippen LogP contribution in [-0.2, 0) is 6.42 Å². The fraction of sp³-hybridized carbons (Fsp3) is 0.292. The van der Waals surface area contributed by atoms with Crippen LogP contribution in [0.25, 0.3) is 5.69 Å². The van der Waals surface area contributed by atoms with E-state index in [0.29, 0.717) is 34.5 Å². The number of nitrogens with one attached hydrogen (secondary N) is 1. The van der Waals surface area contributed by atoms with Crippen molar-refractivity contribution in [3.05, 3.63) is 67.2 Å². The molecule has 2 aliphatic heterocycles. The molecule has 35 heavy (non-hydrogen) atoms. The van der Waals surface area contributed by atoms with Crippen molar-refractivity contribution in [1.29, 1.82) is 0 Å². The number of hydrogen-bond donors (Lipinski definition) is 2. The number of aromatic hydroxyl groups is 1. The zero-order valence-electron chi connectivity index (χ0n) is 19.1. The van der Waals surface area contributed by atoms with E-state index < -0.39 is 5.56 Å². The minimum absolute atomic E-state index is 0.00453. The van der Waals surface area contributed by atoms with Gasteiger partial charge in [0.1, 0.15) is 5.56 Å². The number of benzene rings is 2. The molecule has 5 rings (SSSR count). The summed E-state index contributed by atoms with van der Waals surface area (Å²) in [6.45, 7) is 1.31. The minimum Gasteiger partial charge on any atom is -0.494 e. The average Bonchev–Trinajstić information content (AvgIpc) is 3.30. The van der Waals surface area contributed by atoms with Crippen molar-refractivity contribution < 1.29 is 19.3 Å². The van der Waals surface area contributed by atoms with Gasteiger partial charge in [0.25, 0.3) is 5.56 Å². The van der Waals surface area contributed by atoms with Crippen molar-refractivity contribution in [3.8, 4) is 28.8 Å². The molecule has 3 heterocycles. The first kappa shape index (κ1) is 23.4. The second-order valence-corrected chi connectivity index (χ2v) is 9.09. The molecule has 0 radical (unpaired) electrons. The molecule has 2 aliphatic rings. The molecule has 1 atom stereocenters. The summed E-state index contributed by atoms with van der Waals surface area (Å²) in [5.74, 6) is 1.61. The Hall–Kier alpha value is -3.34. The Balaban J connectivity index is 1.50. The smallest absolute Gasteiger partial charge is 0.264 e. The topological polar surface area (TPSA) is 101 Å². The van der Waals surface area contributed by atoms with Gasteiger partial charge in [-0.15, -0.1) is 0 Å². The van der Waals surface area contributed by atoms with Gasteiger partial charge in [-0.1, -0.05) is 11.6 Å². The summed E-state index contributed by atoms with van der Waals surface area (Å²) < 4.78 is 18.4. The van der Waals surface area contributed by atoms with Gasteiger partial charge in [-0.25, -0.2) is 0 Å². The second-order valence-electron chi connectivity index (χ2n) is 8.27. The quantitative estimate of drug-likeness (QED) is 0.396. The average molecular weight is 515 g/mol. The maximum Gasteiger partial charge on any atom is 0.264 e. The molecule has 0 fully saturated rings. The number of halogens is 1. The molecule has 0 amide bonds. The fourth-order valence-electron chi connectivity index (χ4n) is 4.48. The van der Waals surface area contributed by atoms with Crippen LogP contribution in [0.2, 0.25) is 5.02 Å². The van der Waals surface area contributed by atoms with Crippen LogP contribution in [0, 0.1) is 4.77 Å². The maximum atomic E-state index is 12.6. The Morgan fingerprint density at radius 3 is 2.86 bits per heavy atom. The summed E-state index contributed by atoms with van der Waals surface area (Å²) in [5, 5.41) is 11.4. The van der Waals surface area contributed by atoms with Crippen LogP contribution < -0.4 is 19.8 Å². The summed E-state index contributed by atoms with van der Waals surface area (Å²) in [7, 11) is 3.62. The number of aliphatic imine (C=N–C) groups is 1. The van der Waals surface area contributed by atoms with Gasteiger partial charge in [-0.2, -0.15) is 0 Å². The number of fused-ring (bicyclic) bond motifs is 2. The maximum absolute atomic E-state index is 12.6. The molecule has 0 aliphatic carbocycles. The van der Waals surface area contributed by atoms with E-state index in [0.717, 1.165) is 24.1 Å².